The SMILES string of the molecule is CCCNC(=O)[C@@H](Cc1ccccc1)N(Cc1ccc(F)cc1)C(=O)CSc1ccc(C)cc1. The molecule has 0 aromatic heterocycles. The number of nitrogens with zero attached hydrogens (tertiary/aromatic N) is 1. The zero-order valence-electron chi connectivity index (χ0n) is 19.7. The number of benzene rings is 3. The van der Waals surface area contributed by atoms with Crippen LogP contribution in [-0.2, 0) is 22.6 Å². The van der Waals surface area contributed by atoms with Crippen molar-refractivity contribution in [2.45, 2.75) is 44.2 Å². The van der Waals surface area contributed by atoms with Crippen molar-refractivity contribution in [3.05, 3.63) is 101 Å². The first-order chi connectivity index (χ1) is 16.5. The summed E-state index contributed by atoms with van der Waals surface area (Å²) < 4.78 is 13.5. The molecule has 1 N–H and O–H groups in total. The Bertz CT molecular complexity index is 1060. The van der Waals surface area contributed by atoms with Gasteiger partial charge in [0.25, 0.3) is 0 Å². The summed E-state index contributed by atoms with van der Waals surface area (Å²) in [6.45, 7) is 4.78. The minimum Gasteiger partial charge on any atom is -0.354 e. The Morgan fingerprint density at radius 2 is 1.62 bits per heavy atom. The molecule has 0 unspecified atom stereocenters. The van der Waals surface area contributed by atoms with E-state index in [1.165, 1.54) is 23.9 Å². The summed E-state index contributed by atoms with van der Waals surface area (Å²) in [5.41, 5.74) is 2.91. The van der Waals surface area contributed by atoms with Crippen molar-refractivity contribution in [3.8, 4) is 0 Å². The van der Waals surface area contributed by atoms with E-state index < -0.39 is 6.04 Å². The maximum Gasteiger partial charge on any atom is 0.243 e. The van der Waals surface area contributed by atoms with Crippen molar-refractivity contribution in [2.75, 3.05) is 12.3 Å². The van der Waals surface area contributed by atoms with Crippen molar-refractivity contribution < 1.29 is 14.0 Å². The van der Waals surface area contributed by atoms with E-state index in [4.69, 9.17) is 0 Å². The lowest BCUT2D eigenvalue weighted by molar-refractivity contribution is -0.139. The molecule has 0 radical (unpaired) electrons. The molecule has 0 saturated heterocycles. The lowest BCUT2D eigenvalue weighted by atomic mass is 10.0. The fourth-order valence-electron chi connectivity index (χ4n) is 3.57. The molecule has 6 heteroatoms. The molecular weight excluding hydrogens is 447 g/mol. The molecule has 0 heterocycles. The molecule has 0 aliphatic carbocycles. The van der Waals surface area contributed by atoms with Crippen LogP contribution in [0.15, 0.2) is 83.8 Å². The van der Waals surface area contributed by atoms with Gasteiger partial charge in [-0.2, -0.15) is 0 Å². The summed E-state index contributed by atoms with van der Waals surface area (Å²) >= 11 is 1.45. The molecule has 0 fully saturated rings. The summed E-state index contributed by atoms with van der Waals surface area (Å²) in [5.74, 6) is -0.446. The number of halogens is 1. The van der Waals surface area contributed by atoms with Crippen LogP contribution >= 0.6 is 11.8 Å². The number of rotatable bonds is 11. The number of amides is 2. The topological polar surface area (TPSA) is 49.4 Å². The molecule has 3 aromatic rings. The van der Waals surface area contributed by atoms with E-state index in [0.717, 1.165) is 28.0 Å². The zero-order valence-corrected chi connectivity index (χ0v) is 20.5. The van der Waals surface area contributed by atoms with Gasteiger partial charge in [-0.05, 0) is 48.7 Å². The van der Waals surface area contributed by atoms with Crippen LogP contribution in [-0.4, -0.2) is 35.1 Å². The Kier molecular flexibility index (Phi) is 9.71. The second-order valence-corrected chi connectivity index (χ2v) is 9.30. The van der Waals surface area contributed by atoms with E-state index in [2.05, 4.69) is 5.32 Å². The Morgan fingerprint density at radius 3 is 2.26 bits per heavy atom. The highest BCUT2D eigenvalue weighted by atomic mass is 32.2. The predicted molar refractivity (Wildman–Crippen MR) is 136 cm³/mol. The third kappa shape index (κ3) is 7.73. The predicted octanol–water partition coefficient (Wildman–Crippen LogP) is 5.39. The summed E-state index contributed by atoms with van der Waals surface area (Å²) in [6.07, 6.45) is 1.21. The maximum atomic E-state index is 13.5. The summed E-state index contributed by atoms with van der Waals surface area (Å²) in [5, 5.41) is 2.96. The van der Waals surface area contributed by atoms with Crippen LogP contribution in [0.3, 0.4) is 0 Å². The van der Waals surface area contributed by atoms with E-state index in [1.54, 1.807) is 17.0 Å². The van der Waals surface area contributed by atoms with Crippen LogP contribution < -0.4 is 5.32 Å². The molecule has 0 spiro atoms. The Morgan fingerprint density at radius 1 is 0.941 bits per heavy atom. The van der Waals surface area contributed by atoms with Gasteiger partial charge in [-0.3, -0.25) is 9.59 Å². The van der Waals surface area contributed by atoms with Gasteiger partial charge >= 0.3 is 0 Å². The quantitative estimate of drug-likeness (QED) is 0.376. The van der Waals surface area contributed by atoms with Crippen molar-refractivity contribution in [1.82, 2.24) is 10.2 Å². The molecule has 1 atom stereocenters. The van der Waals surface area contributed by atoms with Gasteiger partial charge in [-0.1, -0.05) is 67.1 Å². The Labute approximate surface area is 205 Å². The molecular formula is C28H31FN2O2S. The lowest BCUT2D eigenvalue weighted by Gasteiger charge is -2.31. The van der Waals surface area contributed by atoms with Crippen molar-refractivity contribution >= 4 is 23.6 Å². The molecule has 3 aromatic carbocycles. The van der Waals surface area contributed by atoms with Gasteiger partial charge in [0.15, 0.2) is 0 Å². The van der Waals surface area contributed by atoms with Crippen LogP contribution in [0.2, 0.25) is 0 Å². The number of hydrogen-bond donors (Lipinski definition) is 1. The first-order valence-electron chi connectivity index (χ1n) is 11.5. The Hall–Kier alpha value is -3.12. The van der Waals surface area contributed by atoms with Crippen LogP contribution in [0.5, 0.6) is 0 Å². The lowest BCUT2D eigenvalue weighted by Crippen LogP contribution is -2.51. The summed E-state index contributed by atoms with van der Waals surface area (Å²) in [6, 6.07) is 23.1. The molecule has 0 aliphatic rings. The average molecular weight is 479 g/mol. The van der Waals surface area contributed by atoms with Gasteiger partial charge in [0.05, 0.1) is 5.75 Å². The molecule has 178 valence electrons. The average Bonchev–Trinajstić information content (AvgIpc) is 2.86. The normalized spacial score (nSPS) is 11.6. The minimum absolute atomic E-state index is 0.137. The van der Waals surface area contributed by atoms with Gasteiger partial charge in [0.1, 0.15) is 11.9 Å². The monoisotopic (exact) mass is 478 g/mol. The summed E-state index contributed by atoms with van der Waals surface area (Å²) in [4.78, 5) is 29.4. The maximum absolute atomic E-state index is 13.5. The first-order valence-corrected chi connectivity index (χ1v) is 12.5. The van der Waals surface area contributed by atoms with Crippen molar-refractivity contribution in [1.29, 1.82) is 0 Å². The number of nitrogens with one attached hydrogen (secondary N) is 1. The van der Waals surface area contributed by atoms with E-state index in [1.807, 2.05) is 68.4 Å². The molecule has 34 heavy (non-hydrogen) atoms. The van der Waals surface area contributed by atoms with Gasteiger partial charge in [-0.25, -0.2) is 4.39 Å². The van der Waals surface area contributed by atoms with Gasteiger partial charge in [0.2, 0.25) is 11.8 Å². The molecule has 3 rings (SSSR count). The Balaban J connectivity index is 1.87. The highest BCUT2D eigenvalue weighted by molar-refractivity contribution is 8.00. The smallest absolute Gasteiger partial charge is 0.243 e. The number of thioether (sulfide) groups is 1. The van der Waals surface area contributed by atoms with E-state index in [9.17, 15) is 14.0 Å². The van der Waals surface area contributed by atoms with Crippen molar-refractivity contribution in [2.24, 2.45) is 0 Å². The molecule has 2 amide bonds. The van der Waals surface area contributed by atoms with Crippen LogP contribution in [0.4, 0.5) is 4.39 Å². The summed E-state index contributed by atoms with van der Waals surface area (Å²) in [7, 11) is 0. The molecule has 4 nitrogen and oxygen atoms in total. The number of carbonyl (C=O) groups is 2. The number of carbonyl (C=O) groups excluding carboxylic acids is 2. The highest BCUT2D eigenvalue weighted by Crippen LogP contribution is 2.21. The first kappa shape index (κ1) is 25.5. The van der Waals surface area contributed by atoms with Crippen LogP contribution in [0, 0.1) is 12.7 Å². The standard InChI is InChI=1S/C28H31FN2O2S/c1-3-17-30-28(33)26(18-22-7-5-4-6-8-22)31(19-23-11-13-24(29)14-12-23)27(32)20-34-25-15-9-21(2)10-16-25/h4-16,26H,3,17-20H2,1-2H3,(H,30,33)/t26-/m1/s1. The van der Waals surface area contributed by atoms with Crippen molar-refractivity contribution in [3.63, 3.8) is 0 Å². The third-order valence-electron chi connectivity index (χ3n) is 5.47. The van der Waals surface area contributed by atoms with Gasteiger partial charge in [0, 0.05) is 24.4 Å². The minimum atomic E-state index is -0.676. The number of aryl methyl sites for hydroxylation is 1. The fraction of sp³-hybridized carbons (Fsp3) is 0.286. The largest absolute Gasteiger partial charge is 0.354 e. The zero-order chi connectivity index (χ0) is 24.3. The van der Waals surface area contributed by atoms with E-state index in [0.29, 0.717) is 13.0 Å². The van der Waals surface area contributed by atoms with E-state index in [-0.39, 0.29) is 29.9 Å². The van der Waals surface area contributed by atoms with Gasteiger partial charge in [-0.15, -0.1) is 11.8 Å². The van der Waals surface area contributed by atoms with Crippen LogP contribution in [0.1, 0.15) is 30.0 Å². The highest BCUT2D eigenvalue weighted by Gasteiger charge is 2.30. The second-order valence-electron chi connectivity index (χ2n) is 8.25. The second kappa shape index (κ2) is 12.9. The third-order valence-corrected chi connectivity index (χ3v) is 6.47. The fourth-order valence-corrected chi connectivity index (χ4v) is 4.35. The van der Waals surface area contributed by atoms with Crippen LogP contribution in [0.25, 0.3) is 0 Å². The van der Waals surface area contributed by atoms with Gasteiger partial charge < -0.3 is 10.2 Å². The number of hydrogen-bond acceptors (Lipinski definition) is 3. The molecule has 0 saturated carbocycles. The van der Waals surface area contributed by atoms with E-state index >= 15 is 0 Å². The molecule has 0 aliphatic heterocycles. The molecule has 0 bridgehead atoms.